The number of amides is 1. The summed E-state index contributed by atoms with van der Waals surface area (Å²) in [5.41, 5.74) is 0.0897. The fraction of sp³-hybridized carbons (Fsp3) is 0.562. The Morgan fingerprint density at radius 3 is 2.50 bits per heavy atom. The highest BCUT2D eigenvalue weighted by atomic mass is 35.5. The summed E-state index contributed by atoms with van der Waals surface area (Å²) in [6.07, 6.45) is 2.93. The summed E-state index contributed by atoms with van der Waals surface area (Å²) in [5.74, 6) is -0.361. The number of carbonyl (C=O) groups is 1. The molecule has 0 radical (unpaired) electrons. The monoisotopic (exact) mass is 376 g/mol. The molecule has 0 aliphatic carbocycles. The molecule has 1 saturated heterocycles. The Morgan fingerprint density at radius 2 is 1.92 bits per heavy atom. The zero-order valence-corrected chi connectivity index (χ0v) is 15.6. The fourth-order valence-corrected chi connectivity index (χ4v) is 3.86. The van der Waals surface area contributed by atoms with Crippen LogP contribution in [0.5, 0.6) is 0 Å². The molecule has 2 N–H and O–H groups in total. The molecule has 1 fully saturated rings. The number of hydrogen-bond donors (Lipinski definition) is 2. The zero-order valence-electron chi connectivity index (χ0n) is 14.0. The SMILES string of the molecule is COCC1(CNC(=O)c2ccccc2S(C)(=O)=O)CCNCC1.Cl. The number of rotatable bonds is 6. The van der Waals surface area contributed by atoms with Crippen LogP contribution in [0, 0.1) is 5.41 Å². The second-order valence-electron chi connectivity index (χ2n) is 6.13. The summed E-state index contributed by atoms with van der Waals surface area (Å²) < 4.78 is 29.0. The van der Waals surface area contributed by atoms with Crippen molar-refractivity contribution in [1.29, 1.82) is 0 Å². The molecule has 0 saturated carbocycles. The van der Waals surface area contributed by atoms with Crippen LogP contribution in [-0.4, -0.2) is 53.9 Å². The number of benzene rings is 1. The maximum absolute atomic E-state index is 12.5. The molecule has 0 aromatic heterocycles. The third-order valence-corrected chi connectivity index (χ3v) is 5.42. The summed E-state index contributed by atoms with van der Waals surface area (Å²) in [6.45, 7) is 2.82. The van der Waals surface area contributed by atoms with Crippen molar-refractivity contribution in [2.45, 2.75) is 17.7 Å². The lowest BCUT2D eigenvalue weighted by atomic mass is 9.79. The van der Waals surface area contributed by atoms with Crippen LogP contribution >= 0.6 is 12.4 Å². The van der Waals surface area contributed by atoms with E-state index in [1.54, 1.807) is 19.2 Å². The molecule has 0 atom stereocenters. The number of piperidine rings is 1. The van der Waals surface area contributed by atoms with E-state index in [0.717, 1.165) is 32.2 Å². The normalized spacial score (nSPS) is 16.9. The highest BCUT2D eigenvalue weighted by Gasteiger charge is 2.33. The molecule has 0 spiro atoms. The van der Waals surface area contributed by atoms with Gasteiger partial charge in [-0.3, -0.25) is 4.79 Å². The van der Waals surface area contributed by atoms with E-state index in [0.29, 0.717) is 13.2 Å². The minimum absolute atomic E-state index is 0. The average molecular weight is 377 g/mol. The van der Waals surface area contributed by atoms with E-state index in [1.165, 1.54) is 12.1 Å². The van der Waals surface area contributed by atoms with E-state index >= 15 is 0 Å². The highest BCUT2D eigenvalue weighted by Crippen LogP contribution is 2.28. The largest absolute Gasteiger partial charge is 0.384 e. The van der Waals surface area contributed by atoms with Crippen molar-refractivity contribution in [2.24, 2.45) is 5.41 Å². The van der Waals surface area contributed by atoms with Gasteiger partial charge in [-0.25, -0.2) is 8.42 Å². The second-order valence-corrected chi connectivity index (χ2v) is 8.12. The van der Waals surface area contributed by atoms with Gasteiger partial charge in [0.2, 0.25) is 0 Å². The minimum atomic E-state index is -3.44. The summed E-state index contributed by atoms with van der Waals surface area (Å²) in [6, 6.07) is 6.28. The number of methoxy groups -OCH3 is 1. The Kier molecular flexibility index (Phi) is 7.66. The predicted molar refractivity (Wildman–Crippen MR) is 95.5 cm³/mol. The van der Waals surface area contributed by atoms with Crippen LogP contribution in [-0.2, 0) is 14.6 Å². The fourth-order valence-electron chi connectivity index (χ4n) is 2.98. The first-order valence-electron chi connectivity index (χ1n) is 7.65. The van der Waals surface area contributed by atoms with Gasteiger partial charge in [0.05, 0.1) is 17.1 Å². The topological polar surface area (TPSA) is 84.5 Å². The Labute approximate surface area is 149 Å². The standard InChI is InChI=1S/C16H24N2O4S.ClH/c1-22-12-16(7-9-17-10-8-16)11-18-15(19)13-5-3-4-6-14(13)23(2,20)21;/h3-6,17H,7-12H2,1-2H3,(H,18,19);1H. The molecule has 6 nitrogen and oxygen atoms in total. The molecule has 136 valence electrons. The van der Waals surface area contributed by atoms with Gasteiger partial charge in [-0.2, -0.15) is 0 Å². The van der Waals surface area contributed by atoms with Gasteiger partial charge in [-0.15, -0.1) is 12.4 Å². The highest BCUT2D eigenvalue weighted by molar-refractivity contribution is 7.90. The van der Waals surface area contributed by atoms with E-state index in [4.69, 9.17) is 4.74 Å². The Morgan fingerprint density at radius 1 is 1.29 bits per heavy atom. The van der Waals surface area contributed by atoms with E-state index in [1.807, 2.05) is 0 Å². The van der Waals surface area contributed by atoms with Gasteiger partial charge >= 0.3 is 0 Å². The van der Waals surface area contributed by atoms with E-state index in [9.17, 15) is 13.2 Å². The van der Waals surface area contributed by atoms with Gasteiger partial charge in [0.25, 0.3) is 5.91 Å². The molecule has 1 aliphatic rings. The van der Waals surface area contributed by atoms with Gasteiger partial charge < -0.3 is 15.4 Å². The zero-order chi connectivity index (χ0) is 16.9. The van der Waals surface area contributed by atoms with E-state index in [2.05, 4.69) is 10.6 Å². The second kappa shape index (κ2) is 8.80. The van der Waals surface area contributed by atoms with Crippen LogP contribution in [0.3, 0.4) is 0 Å². The first-order valence-corrected chi connectivity index (χ1v) is 9.54. The molecule has 1 amide bonds. The summed E-state index contributed by atoms with van der Waals surface area (Å²) in [4.78, 5) is 12.5. The van der Waals surface area contributed by atoms with Gasteiger partial charge in [0, 0.05) is 25.3 Å². The van der Waals surface area contributed by atoms with Crippen molar-refractivity contribution in [2.75, 3.05) is 39.6 Å². The average Bonchev–Trinajstić information content (AvgIpc) is 2.53. The number of sulfone groups is 1. The van der Waals surface area contributed by atoms with Crippen molar-refractivity contribution in [3.63, 3.8) is 0 Å². The molecule has 1 aromatic rings. The maximum atomic E-state index is 12.5. The van der Waals surface area contributed by atoms with E-state index < -0.39 is 9.84 Å². The lowest BCUT2D eigenvalue weighted by Gasteiger charge is -2.37. The number of nitrogens with one attached hydrogen (secondary N) is 2. The van der Waals surface area contributed by atoms with Crippen molar-refractivity contribution in [1.82, 2.24) is 10.6 Å². The number of carbonyl (C=O) groups excluding carboxylic acids is 1. The van der Waals surface area contributed by atoms with Crippen molar-refractivity contribution < 1.29 is 17.9 Å². The van der Waals surface area contributed by atoms with Crippen molar-refractivity contribution in [3.8, 4) is 0 Å². The summed E-state index contributed by atoms with van der Waals surface area (Å²) in [7, 11) is -1.79. The Hall–Kier alpha value is -1.15. The van der Waals surface area contributed by atoms with Crippen LogP contribution in [0.2, 0.25) is 0 Å². The van der Waals surface area contributed by atoms with Crippen LogP contribution in [0.4, 0.5) is 0 Å². The molecule has 0 bridgehead atoms. The Balaban J connectivity index is 0.00000288. The number of halogens is 1. The minimum Gasteiger partial charge on any atom is -0.384 e. The van der Waals surface area contributed by atoms with Gasteiger partial charge in [-0.1, -0.05) is 12.1 Å². The number of ether oxygens (including phenoxy) is 1. The molecule has 0 unspecified atom stereocenters. The molecule has 1 aromatic carbocycles. The molecule has 8 heteroatoms. The van der Waals surface area contributed by atoms with Gasteiger partial charge in [-0.05, 0) is 38.1 Å². The lowest BCUT2D eigenvalue weighted by molar-refractivity contribution is 0.0511. The first-order chi connectivity index (χ1) is 10.9. The summed E-state index contributed by atoms with van der Waals surface area (Å²) >= 11 is 0. The van der Waals surface area contributed by atoms with Crippen molar-refractivity contribution >= 4 is 28.2 Å². The maximum Gasteiger partial charge on any atom is 0.252 e. The quantitative estimate of drug-likeness (QED) is 0.780. The summed E-state index contributed by atoms with van der Waals surface area (Å²) in [5, 5.41) is 6.19. The van der Waals surface area contributed by atoms with Crippen LogP contribution in [0.15, 0.2) is 29.2 Å². The smallest absolute Gasteiger partial charge is 0.252 e. The molecule has 2 rings (SSSR count). The predicted octanol–water partition coefficient (Wildman–Crippen LogP) is 1.26. The lowest BCUT2D eigenvalue weighted by Crippen LogP contribution is -2.47. The van der Waals surface area contributed by atoms with Gasteiger partial charge in [0.1, 0.15) is 0 Å². The molecular weight excluding hydrogens is 352 g/mol. The first kappa shape index (κ1) is 20.9. The third kappa shape index (κ3) is 5.17. The van der Waals surface area contributed by atoms with Crippen LogP contribution in [0.25, 0.3) is 0 Å². The third-order valence-electron chi connectivity index (χ3n) is 4.27. The van der Waals surface area contributed by atoms with Crippen LogP contribution < -0.4 is 10.6 Å². The Bertz CT molecular complexity index is 652. The number of hydrogen-bond acceptors (Lipinski definition) is 5. The van der Waals surface area contributed by atoms with Crippen molar-refractivity contribution in [3.05, 3.63) is 29.8 Å². The molecule has 24 heavy (non-hydrogen) atoms. The van der Waals surface area contributed by atoms with E-state index in [-0.39, 0.29) is 34.2 Å². The van der Waals surface area contributed by atoms with Gasteiger partial charge in [0.15, 0.2) is 9.84 Å². The van der Waals surface area contributed by atoms with Crippen LogP contribution in [0.1, 0.15) is 23.2 Å². The molecular formula is C16H25ClN2O4S. The molecule has 1 heterocycles. The molecule has 1 aliphatic heterocycles.